The smallest absolute Gasteiger partial charge is 0.228 e. The second-order valence-corrected chi connectivity index (χ2v) is 5.83. The number of likely N-dealkylation sites (tertiary alicyclic amines) is 1. The van der Waals surface area contributed by atoms with Gasteiger partial charge in [0.2, 0.25) is 5.91 Å². The summed E-state index contributed by atoms with van der Waals surface area (Å²) in [5.74, 6) is 1.14. The summed E-state index contributed by atoms with van der Waals surface area (Å²) in [4.78, 5) is 14.2. The number of hydrogen-bond donors (Lipinski definition) is 1. The number of nitrogens with zero attached hydrogens (tertiary/aromatic N) is 1. The zero-order valence-electron chi connectivity index (χ0n) is 9.59. The monoisotopic (exact) mass is 223 g/mol. The zero-order valence-corrected chi connectivity index (χ0v) is 9.59. The molecule has 4 rings (SSSR count). The van der Waals surface area contributed by atoms with E-state index in [0.717, 1.165) is 6.42 Å². The molecule has 1 amide bonds. The Labute approximate surface area is 94.6 Å². The molecule has 2 saturated carbocycles. The highest BCUT2D eigenvalue weighted by molar-refractivity contribution is 5.84. The van der Waals surface area contributed by atoms with Gasteiger partial charge in [0.15, 0.2) is 0 Å². The van der Waals surface area contributed by atoms with Crippen molar-refractivity contribution in [2.45, 2.75) is 38.2 Å². The summed E-state index contributed by atoms with van der Waals surface area (Å²) in [6, 6.07) is 0. The molecule has 2 bridgehead atoms. The van der Waals surface area contributed by atoms with Gasteiger partial charge >= 0.3 is 0 Å². The predicted octanol–water partition coefficient (Wildman–Crippen LogP) is 0.207. The van der Waals surface area contributed by atoms with Crippen LogP contribution in [0, 0.1) is 23.7 Å². The van der Waals surface area contributed by atoms with Crippen LogP contribution in [0.4, 0.5) is 0 Å². The SMILES string of the molecule is CCN1C(=O)C2C3CC4C(OC1(C)C42)C3O. The molecular formula is C12H17NO3. The molecule has 0 aromatic carbocycles. The van der Waals surface area contributed by atoms with Crippen LogP contribution < -0.4 is 0 Å². The van der Waals surface area contributed by atoms with Crippen molar-refractivity contribution in [2.24, 2.45) is 23.7 Å². The molecule has 88 valence electrons. The molecule has 2 saturated heterocycles. The highest BCUT2D eigenvalue weighted by atomic mass is 16.6. The minimum atomic E-state index is -0.432. The molecule has 4 heteroatoms. The molecule has 0 spiro atoms. The van der Waals surface area contributed by atoms with Crippen LogP contribution in [0.15, 0.2) is 0 Å². The molecule has 7 atom stereocenters. The van der Waals surface area contributed by atoms with Crippen molar-refractivity contribution in [2.75, 3.05) is 6.54 Å². The summed E-state index contributed by atoms with van der Waals surface area (Å²) < 4.78 is 6.06. The van der Waals surface area contributed by atoms with Gasteiger partial charge in [0.1, 0.15) is 5.72 Å². The number of aliphatic hydroxyl groups excluding tert-OH is 1. The average molecular weight is 223 g/mol. The normalized spacial score (nSPS) is 61.4. The molecule has 1 N–H and O–H groups in total. The molecule has 4 nitrogen and oxygen atoms in total. The Morgan fingerprint density at radius 2 is 2.31 bits per heavy atom. The summed E-state index contributed by atoms with van der Waals surface area (Å²) in [5, 5.41) is 10.1. The van der Waals surface area contributed by atoms with Gasteiger partial charge in [-0.25, -0.2) is 0 Å². The lowest BCUT2D eigenvalue weighted by Gasteiger charge is -2.35. The Hall–Kier alpha value is -0.610. The van der Waals surface area contributed by atoms with E-state index in [1.165, 1.54) is 0 Å². The highest BCUT2D eigenvalue weighted by Crippen LogP contribution is 2.67. The first kappa shape index (κ1) is 9.42. The first-order valence-corrected chi connectivity index (χ1v) is 6.27. The van der Waals surface area contributed by atoms with Gasteiger partial charge in [-0.15, -0.1) is 0 Å². The van der Waals surface area contributed by atoms with E-state index in [1.54, 1.807) is 0 Å². The maximum absolute atomic E-state index is 12.3. The van der Waals surface area contributed by atoms with Gasteiger partial charge in [-0.2, -0.15) is 0 Å². The van der Waals surface area contributed by atoms with Gasteiger partial charge in [0.25, 0.3) is 0 Å². The summed E-state index contributed by atoms with van der Waals surface area (Å²) in [5.41, 5.74) is -0.432. The average Bonchev–Trinajstić information content (AvgIpc) is 2.86. The number of aliphatic hydroxyl groups is 1. The number of carbonyl (C=O) groups excluding carboxylic acids is 1. The van der Waals surface area contributed by atoms with Gasteiger partial charge in [0.05, 0.1) is 18.1 Å². The van der Waals surface area contributed by atoms with Crippen LogP contribution in [0.5, 0.6) is 0 Å². The predicted molar refractivity (Wildman–Crippen MR) is 55.2 cm³/mol. The number of amides is 1. The second-order valence-electron chi connectivity index (χ2n) is 5.83. The lowest BCUT2D eigenvalue weighted by Crippen LogP contribution is -2.48. The standard InChI is InChI=1S/C12H17NO3/c1-3-13-11(15)7-5-4-6-8(7)12(13,2)16-10(6)9(5)14/h5-10,14H,3-4H2,1-2H3. The van der Waals surface area contributed by atoms with E-state index in [2.05, 4.69) is 0 Å². The van der Waals surface area contributed by atoms with E-state index >= 15 is 0 Å². The van der Waals surface area contributed by atoms with Crippen molar-refractivity contribution in [3.8, 4) is 0 Å². The maximum atomic E-state index is 12.3. The third kappa shape index (κ3) is 0.695. The number of carbonyl (C=O) groups is 1. The van der Waals surface area contributed by atoms with Crippen molar-refractivity contribution in [3.05, 3.63) is 0 Å². The van der Waals surface area contributed by atoms with Crippen LogP contribution in [0.25, 0.3) is 0 Å². The summed E-state index contributed by atoms with van der Waals surface area (Å²) >= 11 is 0. The Morgan fingerprint density at radius 1 is 1.56 bits per heavy atom. The van der Waals surface area contributed by atoms with Crippen LogP contribution in [0.3, 0.4) is 0 Å². The quantitative estimate of drug-likeness (QED) is 0.691. The molecule has 7 unspecified atom stereocenters. The molecule has 4 aliphatic rings. The minimum absolute atomic E-state index is 0.0154. The fourth-order valence-electron chi connectivity index (χ4n) is 5.02. The summed E-state index contributed by atoms with van der Waals surface area (Å²) in [7, 11) is 0. The number of ether oxygens (including phenoxy) is 1. The van der Waals surface area contributed by atoms with Crippen LogP contribution in [0.1, 0.15) is 20.3 Å². The second kappa shape index (κ2) is 2.46. The van der Waals surface area contributed by atoms with E-state index in [9.17, 15) is 9.90 Å². The van der Waals surface area contributed by atoms with Crippen molar-refractivity contribution in [1.82, 2.24) is 4.90 Å². The van der Waals surface area contributed by atoms with Gasteiger partial charge in [-0.1, -0.05) is 0 Å². The zero-order chi connectivity index (χ0) is 11.2. The molecule has 16 heavy (non-hydrogen) atoms. The van der Waals surface area contributed by atoms with Gasteiger partial charge in [-0.3, -0.25) is 4.79 Å². The van der Waals surface area contributed by atoms with Crippen molar-refractivity contribution < 1.29 is 14.6 Å². The molecule has 0 radical (unpaired) electrons. The van der Waals surface area contributed by atoms with Crippen LogP contribution in [0.2, 0.25) is 0 Å². The summed E-state index contributed by atoms with van der Waals surface area (Å²) in [6.07, 6.45) is 0.564. The third-order valence-electron chi connectivity index (χ3n) is 5.45. The maximum Gasteiger partial charge on any atom is 0.228 e. The molecule has 0 aromatic heterocycles. The van der Waals surface area contributed by atoms with Gasteiger partial charge in [0, 0.05) is 12.5 Å². The third-order valence-corrected chi connectivity index (χ3v) is 5.45. The van der Waals surface area contributed by atoms with Crippen LogP contribution in [-0.4, -0.2) is 40.4 Å². The topological polar surface area (TPSA) is 49.8 Å². The van der Waals surface area contributed by atoms with Crippen molar-refractivity contribution in [1.29, 1.82) is 0 Å². The fraction of sp³-hybridized carbons (Fsp3) is 0.917. The molecule has 2 heterocycles. The lowest BCUT2D eigenvalue weighted by molar-refractivity contribution is -0.171. The highest BCUT2D eigenvalue weighted by Gasteiger charge is 2.76. The molecule has 0 aromatic rings. The van der Waals surface area contributed by atoms with Crippen molar-refractivity contribution >= 4 is 5.91 Å². The largest absolute Gasteiger partial charge is 0.390 e. The minimum Gasteiger partial charge on any atom is -0.390 e. The first-order valence-electron chi connectivity index (χ1n) is 6.27. The molecule has 4 fully saturated rings. The van der Waals surface area contributed by atoms with E-state index in [1.807, 2.05) is 18.7 Å². The molecule has 2 aliphatic carbocycles. The van der Waals surface area contributed by atoms with Gasteiger partial charge < -0.3 is 14.7 Å². The van der Waals surface area contributed by atoms with E-state index in [4.69, 9.17) is 4.74 Å². The van der Waals surface area contributed by atoms with E-state index in [-0.39, 0.29) is 23.8 Å². The number of fused-ring (bicyclic) bond motifs is 2. The fourth-order valence-corrected chi connectivity index (χ4v) is 5.02. The Bertz CT molecular complexity index is 384. The number of hydrogen-bond acceptors (Lipinski definition) is 3. The van der Waals surface area contributed by atoms with Gasteiger partial charge in [-0.05, 0) is 32.1 Å². The van der Waals surface area contributed by atoms with E-state index in [0.29, 0.717) is 18.4 Å². The number of rotatable bonds is 1. The Morgan fingerprint density at radius 3 is 3.00 bits per heavy atom. The Balaban J connectivity index is 1.88. The molecular weight excluding hydrogens is 206 g/mol. The Kier molecular flexibility index (Phi) is 1.45. The first-order chi connectivity index (χ1) is 7.59. The lowest BCUT2D eigenvalue weighted by atomic mass is 9.77. The van der Waals surface area contributed by atoms with Crippen LogP contribution >= 0.6 is 0 Å². The molecule has 2 aliphatic heterocycles. The van der Waals surface area contributed by atoms with Crippen LogP contribution in [-0.2, 0) is 9.53 Å². The van der Waals surface area contributed by atoms with Crippen molar-refractivity contribution in [3.63, 3.8) is 0 Å². The van der Waals surface area contributed by atoms with E-state index < -0.39 is 11.8 Å². The summed E-state index contributed by atoms with van der Waals surface area (Å²) in [6.45, 7) is 4.75.